The van der Waals surface area contributed by atoms with Crippen LogP contribution in [0.1, 0.15) is 26.7 Å². The van der Waals surface area contributed by atoms with E-state index in [0.717, 1.165) is 36.0 Å². The molecule has 0 radical (unpaired) electrons. The Balaban J connectivity index is 1.86. The average molecular weight is 385 g/mol. The second-order valence-electron chi connectivity index (χ2n) is 5.12. The number of unbranched alkanes of at least 4 members (excludes halogenated alkanes) is 1. The Morgan fingerprint density at radius 2 is 2.21 bits per heavy atom. The van der Waals surface area contributed by atoms with Crippen molar-refractivity contribution < 1.29 is 4.79 Å². The molecule has 0 atom stereocenters. The van der Waals surface area contributed by atoms with E-state index >= 15 is 0 Å². The van der Waals surface area contributed by atoms with Gasteiger partial charge in [-0.15, -0.1) is 10.2 Å². The van der Waals surface area contributed by atoms with Crippen LogP contribution in [0.3, 0.4) is 0 Å². The summed E-state index contributed by atoms with van der Waals surface area (Å²) in [6.45, 7) is 5.71. The van der Waals surface area contributed by atoms with Gasteiger partial charge in [-0.2, -0.15) is 0 Å². The monoisotopic (exact) mass is 384 g/mol. The third-order valence-corrected chi connectivity index (χ3v) is 5.51. The number of hydrogen-bond donors (Lipinski definition) is 1. The van der Waals surface area contributed by atoms with Crippen molar-refractivity contribution in [3.05, 3.63) is 29.3 Å². The predicted octanol–water partition coefficient (Wildman–Crippen LogP) is 4.68. The van der Waals surface area contributed by atoms with E-state index in [0.29, 0.717) is 15.9 Å². The van der Waals surface area contributed by atoms with Crippen LogP contribution in [0.15, 0.2) is 28.6 Å². The van der Waals surface area contributed by atoms with Crippen LogP contribution in [0.2, 0.25) is 5.02 Å². The largest absolute Gasteiger partial charge is 0.342 e. The highest BCUT2D eigenvalue weighted by molar-refractivity contribution is 8.01. The number of rotatable bonds is 9. The van der Waals surface area contributed by atoms with Crippen LogP contribution < -0.4 is 5.32 Å². The van der Waals surface area contributed by atoms with Crippen LogP contribution in [-0.4, -0.2) is 39.8 Å². The highest BCUT2D eigenvalue weighted by atomic mass is 35.5. The molecule has 0 aliphatic heterocycles. The summed E-state index contributed by atoms with van der Waals surface area (Å²) in [5.74, 6) is 0.541. The zero-order valence-electron chi connectivity index (χ0n) is 13.8. The number of halogens is 1. The maximum absolute atomic E-state index is 12.2. The van der Waals surface area contributed by atoms with Crippen molar-refractivity contribution in [3.63, 3.8) is 0 Å². The minimum atomic E-state index is 0.149. The van der Waals surface area contributed by atoms with Crippen LogP contribution in [0, 0.1) is 0 Å². The third-order valence-electron chi connectivity index (χ3n) is 3.32. The van der Waals surface area contributed by atoms with E-state index in [9.17, 15) is 4.79 Å². The molecule has 0 aliphatic rings. The van der Waals surface area contributed by atoms with Gasteiger partial charge in [-0.1, -0.05) is 54.1 Å². The van der Waals surface area contributed by atoms with Gasteiger partial charge in [0.1, 0.15) is 0 Å². The van der Waals surface area contributed by atoms with Gasteiger partial charge in [-0.3, -0.25) is 4.79 Å². The Labute approximate surface area is 155 Å². The lowest BCUT2D eigenvalue weighted by molar-refractivity contribution is -0.128. The summed E-state index contributed by atoms with van der Waals surface area (Å²) in [6.07, 6.45) is 2.13. The molecule has 130 valence electrons. The number of anilines is 2. The number of nitrogens with zero attached hydrogens (tertiary/aromatic N) is 3. The molecule has 0 saturated heterocycles. The minimum absolute atomic E-state index is 0.149. The molecule has 0 bridgehead atoms. The first-order chi connectivity index (χ1) is 11.6. The van der Waals surface area contributed by atoms with E-state index < -0.39 is 0 Å². The molecule has 5 nitrogen and oxygen atoms in total. The van der Waals surface area contributed by atoms with Crippen LogP contribution in [0.25, 0.3) is 0 Å². The number of amides is 1. The van der Waals surface area contributed by atoms with Crippen LogP contribution in [0.4, 0.5) is 10.8 Å². The number of carbonyl (C=O) groups is 1. The second kappa shape index (κ2) is 9.86. The van der Waals surface area contributed by atoms with Crippen molar-refractivity contribution in [2.24, 2.45) is 0 Å². The average Bonchev–Trinajstić information content (AvgIpc) is 3.01. The molecule has 0 saturated carbocycles. The smallest absolute Gasteiger partial charge is 0.233 e. The van der Waals surface area contributed by atoms with Gasteiger partial charge in [0, 0.05) is 23.8 Å². The van der Waals surface area contributed by atoms with E-state index in [1.54, 1.807) is 0 Å². The van der Waals surface area contributed by atoms with Crippen molar-refractivity contribution in [1.82, 2.24) is 15.1 Å². The van der Waals surface area contributed by atoms with Crippen LogP contribution >= 0.6 is 34.7 Å². The van der Waals surface area contributed by atoms with E-state index in [1.807, 2.05) is 36.1 Å². The van der Waals surface area contributed by atoms with Crippen molar-refractivity contribution in [1.29, 1.82) is 0 Å². The Morgan fingerprint density at radius 3 is 2.92 bits per heavy atom. The number of thioether (sulfide) groups is 1. The fraction of sp³-hybridized carbons (Fsp3) is 0.438. The maximum Gasteiger partial charge on any atom is 0.233 e. The lowest BCUT2D eigenvalue weighted by Gasteiger charge is -2.19. The molecular formula is C16H21ClN4OS2. The van der Waals surface area contributed by atoms with Gasteiger partial charge in [0.05, 0.1) is 5.75 Å². The Kier molecular flexibility index (Phi) is 7.81. The van der Waals surface area contributed by atoms with Crippen molar-refractivity contribution in [2.45, 2.75) is 31.0 Å². The van der Waals surface area contributed by atoms with E-state index in [4.69, 9.17) is 11.6 Å². The number of hydrogen-bond acceptors (Lipinski definition) is 6. The molecule has 2 rings (SSSR count). The Morgan fingerprint density at radius 1 is 1.38 bits per heavy atom. The molecule has 0 aliphatic carbocycles. The SMILES string of the molecule is CCCCN(CC)C(=O)CSc1nnc(Nc2cccc(Cl)c2)s1. The lowest BCUT2D eigenvalue weighted by atomic mass is 10.3. The zero-order valence-corrected chi connectivity index (χ0v) is 16.2. The topological polar surface area (TPSA) is 58.1 Å². The van der Waals surface area contributed by atoms with Crippen molar-refractivity contribution >= 4 is 51.4 Å². The Bertz CT molecular complexity index is 665. The number of nitrogens with one attached hydrogen (secondary N) is 1. The molecule has 0 unspecified atom stereocenters. The molecule has 24 heavy (non-hydrogen) atoms. The summed E-state index contributed by atoms with van der Waals surface area (Å²) < 4.78 is 0.777. The Hall–Kier alpha value is -1.31. The van der Waals surface area contributed by atoms with Crippen molar-refractivity contribution in [2.75, 3.05) is 24.2 Å². The van der Waals surface area contributed by atoms with Gasteiger partial charge in [0.25, 0.3) is 0 Å². The first kappa shape index (κ1) is 19.0. The van der Waals surface area contributed by atoms with E-state index in [-0.39, 0.29) is 5.91 Å². The zero-order chi connectivity index (χ0) is 17.4. The number of benzene rings is 1. The van der Waals surface area contributed by atoms with Crippen LogP contribution in [-0.2, 0) is 4.79 Å². The summed E-state index contributed by atoms with van der Waals surface area (Å²) in [7, 11) is 0. The first-order valence-corrected chi connectivity index (χ1v) is 10.1. The highest BCUT2D eigenvalue weighted by Crippen LogP contribution is 2.28. The highest BCUT2D eigenvalue weighted by Gasteiger charge is 2.13. The molecule has 8 heteroatoms. The molecule has 1 aromatic carbocycles. The standard InChI is InChI=1S/C16H21ClN4OS2/c1-3-5-9-21(4-2)14(22)11-23-16-20-19-15(24-16)18-13-8-6-7-12(17)10-13/h6-8,10H,3-5,9,11H2,1-2H3,(H,18,19). The summed E-state index contributed by atoms with van der Waals surface area (Å²) >= 11 is 8.82. The third kappa shape index (κ3) is 5.96. The molecule has 1 aromatic heterocycles. The van der Waals surface area contributed by atoms with E-state index in [2.05, 4.69) is 22.4 Å². The summed E-state index contributed by atoms with van der Waals surface area (Å²) in [5.41, 5.74) is 0.864. The molecule has 0 fully saturated rings. The fourth-order valence-electron chi connectivity index (χ4n) is 2.03. The molecule has 1 amide bonds. The van der Waals surface area contributed by atoms with Gasteiger partial charge in [-0.25, -0.2) is 0 Å². The van der Waals surface area contributed by atoms with Gasteiger partial charge in [0.15, 0.2) is 4.34 Å². The van der Waals surface area contributed by atoms with Gasteiger partial charge >= 0.3 is 0 Å². The van der Waals surface area contributed by atoms with E-state index in [1.165, 1.54) is 23.1 Å². The molecule has 0 spiro atoms. The predicted molar refractivity (Wildman–Crippen MR) is 103 cm³/mol. The minimum Gasteiger partial charge on any atom is -0.342 e. The van der Waals surface area contributed by atoms with Crippen LogP contribution in [0.5, 0.6) is 0 Å². The summed E-state index contributed by atoms with van der Waals surface area (Å²) in [4.78, 5) is 14.1. The van der Waals surface area contributed by atoms with Gasteiger partial charge < -0.3 is 10.2 Å². The summed E-state index contributed by atoms with van der Waals surface area (Å²) in [5, 5.41) is 12.7. The number of aromatic nitrogens is 2. The first-order valence-electron chi connectivity index (χ1n) is 7.89. The fourth-order valence-corrected chi connectivity index (χ4v) is 3.90. The van der Waals surface area contributed by atoms with Crippen molar-refractivity contribution in [3.8, 4) is 0 Å². The quantitative estimate of drug-likeness (QED) is 0.636. The second-order valence-corrected chi connectivity index (χ2v) is 7.76. The molecule has 1 heterocycles. The molecule has 2 aromatic rings. The number of carbonyl (C=O) groups excluding carboxylic acids is 1. The molecule has 1 N–H and O–H groups in total. The summed E-state index contributed by atoms with van der Waals surface area (Å²) in [6, 6.07) is 7.43. The normalized spacial score (nSPS) is 10.6. The van der Waals surface area contributed by atoms with Gasteiger partial charge in [0.2, 0.25) is 11.0 Å². The lowest BCUT2D eigenvalue weighted by Crippen LogP contribution is -2.33. The molecular weight excluding hydrogens is 364 g/mol. The maximum atomic E-state index is 12.2. The van der Waals surface area contributed by atoms with Gasteiger partial charge in [-0.05, 0) is 31.5 Å².